The number of sulfonamides is 1. The van der Waals surface area contributed by atoms with Gasteiger partial charge in [0, 0.05) is 6.54 Å². The second-order valence-corrected chi connectivity index (χ2v) is 13.0. The predicted molar refractivity (Wildman–Crippen MR) is 134 cm³/mol. The Morgan fingerprint density at radius 2 is 1.89 bits per heavy atom. The van der Waals surface area contributed by atoms with Crippen LogP contribution in [0.2, 0.25) is 0 Å². The van der Waals surface area contributed by atoms with Crippen molar-refractivity contribution in [3.8, 4) is 0 Å². The highest BCUT2D eigenvalue weighted by molar-refractivity contribution is 7.89. The SMILES string of the molecule is CC(C)(C)OC(=O)N1CCC[C@@]2(COCCS(=O)(=O)N2)[C@@H]1COC1CCC(c2ccccc2)CC1. The average Bonchev–Trinajstić information content (AvgIpc) is 2.95. The summed E-state index contributed by atoms with van der Waals surface area (Å²) in [6, 6.07) is 10.1. The highest BCUT2D eigenvalue weighted by atomic mass is 32.2. The Morgan fingerprint density at radius 1 is 1.17 bits per heavy atom. The zero-order chi connectivity index (χ0) is 25.1. The van der Waals surface area contributed by atoms with Crippen molar-refractivity contribution < 1.29 is 27.4 Å². The first kappa shape index (κ1) is 26.4. The molecule has 8 nitrogen and oxygen atoms in total. The third kappa shape index (κ3) is 6.76. The van der Waals surface area contributed by atoms with Crippen LogP contribution in [-0.2, 0) is 24.2 Å². The number of hydrogen-bond acceptors (Lipinski definition) is 6. The number of hydrogen-bond donors (Lipinski definition) is 1. The molecule has 0 unspecified atom stereocenters. The zero-order valence-corrected chi connectivity index (χ0v) is 22.0. The Bertz CT molecular complexity index is 956. The maximum Gasteiger partial charge on any atom is 0.410 e. The fraction of sp³-hybridized carbons (Fsp3) is 0.731. The van der Waals surface area contributed by atoms with Crippen molar-refractivity contribution in [2.24, 2.45) is 0 Å². The minimum Gasteiger partial charge on any atom is -0.444 e. The molecular weight excluding hydrogens is 468 g/mol. The minimum atomic E-state index is -3.53. The first-order valence-electron chi connectivity index (χ1n) is 12.8. The lowest BCUT2D eigenvalue weighted by Crippen LogP contribution is -2.69. The van der Waals surface area contributed by atoms with E-state index in [1.807, 2.05) is 26.8 Å². The molecule has 1 aromatic carbocycles. The van der Waals surface area contributed by atoms with Crippen LogP contribution in [0, 0.1) is 0 Å². The Kier molecular flexibility index (Phi) is 8.10. The lowest BCUT2D eigenvalue weighted by molar-refractivity contribution is -0.0705. The van der Waals surface area contributed by atoms with Gasteiger partial charge >= 0.3 is 6.09 Å². The number of piperidine rings is 1. The molecule has 1 amide bonds. The Balaban J connectivity index is 1.48. The summed E-state index contributed by atoms with van der Waals surface area (Å²) in [5, 5.41) is 0. The lowest BCUT2D eigenvalue weighted by Gasteiger charge is -2.49. The van der Waals surface area contributed by atoms with Crippen LogP contribution in [-0.4, -0.2) is 74.8 Å². The average molecular weight is 509 g/mol. The number of carbonyl (C=O) groups excluding carboxylic acids is 1. The van der Waals surface area contributed by atoms with E-state index in [2.05, 4.69) is 29.0 Å². The zero-order valence-electron chi connectivity index (χ0n) is 21.2. The Morgan fingerprint density at radius 3 is 2.57 bits per heavy atom. The topological polar surface area (TPSA) is 94.2 Å². The highest BCUT2D eigenvalue weighted by Gasteiger charge is 2.51. The van der Waals surface area contributed by atoms with Crippen LogP contribution in [0.15, 0.2) is 30.3 Å². The first-order valence-corrected chi connectivity index (χ1v) is 14.5. The van der Waals surface area contributed by atoms with Crippen molar-refractivity contribution in [3.63, 3.8) is 0 Å². The molecule has 4 rings (SSSR count). The molecule has 0 bridgehead atoms. The molecule has 2 heterocycles. The smallest absolute Gasteiger partial charge is 0.410 e. The van der Waals surface area contributed by atoms with Crippen molar-refractivity contribution in [1.82, 2.24) is 9.62 Å². The molecule has 0 aromatic heterocycles. The highest BCUT2D eigenvalue weighted by Crippen LogP contribution is 2.36. The van der Waals surface area contributed by atoms with Crippen LogP contribution in [0.4, 0.5) is 4.79 Å². The number of nitrogens with zero attached hydrogens (tertiary/aromatic N) is 1. The third-order valence-electron chi connectivity index (χ3n) is 7.31. The number of benzene rings is 1. The second-order valence-electron chi connectivity index (χ2n) is 11.1. The summed E-state index contributed by atoms with van der Waals surface area (Å²) in [5.41, 5.74) is -0.202. The quantitative estimate of drug-likeness (QED) is 0.665. The van der Waals surface area contributed by atoms with E-state index in [1.54, 1.807) is 4.90 Å². The first-order chi connectivity index (χ1) is 16.6. The third-order valence-corrected chi connectivity index (χ3v) is 8.74. The van der Waals surface area contributed by atoms with Crippen molar-refractivity contribution in [1.29, 1.82) is 0 Å². The fourth-order valence-electron chi connectivity index (χ4n) is 5.59. The molecule has 3 fully saturated rings. The van der Waals surface area contributed by atoms with Crippen molar-refractivity contribution >= 4 is 16.1 Å². The van der Waals surface area contributed by atoms with Gasteiger partial charge in [0.25, 0.3) is 0 Å². The lowest BCUT2D eigenvalue weighted by atomic mass is 9.81. The maximum absolute atomic E-state index is 13.2. The Labute approximate surface area is 209 Å². The van der Waals surface area contributed by atoms with E-state index in [1.165, 1.54) is 5.56 Å². The molecule has 3 aliphatic rings. The summed E-state index contributed by atoms with van der Waals surface area (Å²) < 4.78 is 46.2. The van der Waals surface area contributed by atoms with E-state index in [9.17, 15) is 13.2 Å². The standard InChI is InChI=1S/C26H40N2O6S/c1-25(2,3)34-24(29)28-15-7-14-26(19-32-16-17-35(30,31)27-26)23(28)18-33-22-12-10-21(11-13-22)20-8-5-4-6-9-20/h4-6,8-9,21-23,27H,7,10-19H2,1-3H3/t21?,22?,23-,26+/m0/s1. The van der Waals surface area contributed by atoms with Gasteiger partial charge in [-0.05, 0) is 70.8 Å². The van der Waals surface area contributed by atoms with Crippen LogP contribution >= 0.6 is 0 Å². The van der Waals surface area contributed by atoms with Crippen molar-refractivity contribution in [2.75, 3.05) is 32.1 Å². The van der Waals surface area contributed by atoms with Gasteiger partial charge in [0.1, 0.15) is 5.60 Å². The van der Waals surface area contributed by atoms with Gasteiger partial charge in [-0.2, -0.15) is 0 Å². The van der Waals surface area contributed by atoms with E-state index >= 15 is 0 Å². The maximum atomic E-state index is 13.2. The summed E-state index contributed by atoms with van der Waals surface area (Å²) in [5.74, 6) is 0.454. The normalized spacial score (nSPS) is 31.6. The molecule has 2 atom stereocenters. The predicted octanol–water partition coefficient (Wildman–Crippen LogP) is 3.82. The number of rotatable bonds is 4. The summed E-state index contributed by atoms with van der Waals surface area (Å²) in [6.07, 6.45) is 4.86. The van der Waals surface area contributed by atoms with Crippen LogP contribution < -0.4 is 4.72 Å². The number of amides is 1. The van der Waals surface area contributed by atoms with E-state index in [4.69, 9.17) is 14.2 Å². The molecule has 2 aliphatic heterocycles. The molecule has 9 heteroatoms. The monoisotopic (exact) mass is 508 g/mol. The van der Waals surface area contributed by atoms with Crippen LogP contribution in [0.1, 0.15) is 70.8 Å². The number of nitrogens with one attached hydrogen (secondary N) is 1. The van der Waals surface area contributed by atoms with Gasteiger partial charge in [0.05, 0.1) is 43.3 Å². The number of likely N-dealkylation sites (tertiary alicyclic amines) is 1. The molecule has 1 saturated carbocycles. The van der Waals surface area contributed by atoms with Crippen molar-refractivity contribution in [2.45, 2.75) is 88.5 Å². The van der Waals surface area contributed by atoms with Gasteiger partial charge in [0.15, 0.2) is 0 Å². The molecular formula is C26H40N2O6S. The van der Waals surface area contributed by atoms with Gasteiger partial charge in [0.2, 0.25) is 10.0 Å². The largest absolute Gasteiger partial charge is 0.444 e. The number of carbonyl (C=O) groups is 1. The van der Waals surface area contributed by atoms with Gasteiger partial charge < -0.3 is 19.1 Å². The number of ether oxygens (including phenoxy) is 3. The molecule has 0 radical (unpaired) electrons. The molecule has 1 spiro atoms. The van der Waals surface area contributed by atoms with E-state index < -0.39 is 33.3 Å². The fourth-order valence-corrected chi connectivity index (χ4v) is 6.95. The van der Waals surface area contributed by atoms with Gasteiger partial charge in [-0.25, -0.2) is 17.9 Å². The summed E-state index contributed by atoms with van der Waals surface area (Å²) in [7, 11) is -3.53. The van der Waals surface area contributed by atoms with Crippen LogP contribution in [0.5, 0.6) is 0 Å². The van der Waals surface area contributed by atoms with E-state index in [0.29, 0.717) is 25.3 Å². The summed E-state index contributed by atoms with van der Waals surface area (Å²) in [4.78, 5) is 14.8. The molecule has 1 aliphatic carbocycles. The van der Waals surface area contributed by atoms with E-state index in [0.717, 1.165) is 25.7 Å². The summed E-state index contributed by atoms with van der Waals surface area (Å²) >= 11 is 0. The van der Waals surface area contributed by atoms with Gasteiger partial charge in [-0.15, -0.1) is 0 Å². The minimum absolute atomic E-state index is 0.0812. The summed E-state index contributed by atoms with van der Waals surface area (Å²) in [6.45, 7) is 6.58. The van der Waals surface area contributed by atoms with Crippen molar-refractivity contribution in [3.05, 3.63) is 35.9 Å². The van der Waals surface area contributed by atoms with Gasteiger partial charge in [-0.1, -0.05) is 30.3 Å². The molecule has 196 valence electrons. The second kappa shape index (κ2) is 10.7. The molecule has 35 heavy (non-hydrogen) atoms. The van der Waals surface area contributed by atoms with Crippen LogP contribution in [0.25, 0.3) is 0 Å². The molecule has 1 aromatic rings. The molecule has 2 saturated heterocycles. The van der Waals surface area contributed by atoms with Crippen LogP contribution in [0.3, 0.4) is 0 Å². The van der Waals surface area contributed by atoms with Gasteiger partial charge in [-0.3, -0.25) is 0 Å². The van der Waals surface area contributed by atoms with E-state index in [-0.39, 0.29) is 31.7 Å². The Hall–Kier alpha value is -1.68. The molecule has 1 N–H and O–H groups in total.